The minimum atomic E-state index is -0.798. The number of likely N-dealkylation sites (tertiary alicyclic amines) is 1. The van der Waals surface area contributed by atoms with E-state index in [9.17, 15) is 9.90 Å². The van der Waals surface area contributed by atoms with Crippen LogP contribution >= 0.6 is 0 Å². The molecule has 1 aromatic carbocycles. The second-order valence-electron chi connectivity index (χ2n) is 9.45. The van der Waals surface area contributed by atoms with Crippen molar-refractivity contribution < 1.29 is 14.6 Å². The number of carbonyl (C=O) groups is 1. The summed E-state index contributed by atoms with van der Waals surface area (Å²) in [6, 6.07) is 13.2. The van der Waals surface area contributed by atoms with Gasteiger partial charge in [0, 0.05) is 19.6 Å². The fraction of sp³-hybridized carbons (Fsp3) is 0.538. The molecular weight excluding hydrogens is 402 g/mol. The lowest BCUT2D eigenvalue weighted by Crippen LogP contribution is -2.39. The number of benzene rings is 1. The van der Waals surface area contributed by atoms with E-state index >= 15 is 0 Å². The Hall–Kier alpha value is -2.44. The highest BCUT2D eigenvalue weighted by Crippen LogP contribution is 2.43. The molecule has 2 aromatic rings. The lowest BCUT2D eigenvalue weighted by molar-refractivity contribution is -0.144. The first-order valence-electron chi connectivity index (χ1n) is 12.1. The molecule has 2 N–H and O–H groups in total. The predicted molar refractivity (Wildman–Crippen MR) is 124 cm³/mol. The summed E-state index contributed by atoms with van der Waals surface area (Å²) >= 11 is 0. The third-order valence-corrected chi connectivity index (χ3v) is 7.29. The Morgan fingerprint density at radius 2 is 1.94 bits per heavy atom. The van der Waals surface area contributed by atoms with Crippen molar-refractivity contribution in [1.82, 2.24) is 9.88 Å². The van der Waals surface area contributed by atoms with Crippen molar-refractivity contribution in [3.8, 4) is 0 Å². The highest BCUT2D eigenvalue weighted by atomic mass is 16.5. The fourth-order valence-corrected chi connectivity index (χ4v) is 5.69. The van der Waals surface area contributed by atoms with Crippen LogP contribution in [0, 0.1) is 0 Å². The predicted octanol–water partition coefficient (Wildman–Crippen LogP) is 4.52. The van der Waals surface area contributed by atoms with Crippen LogP contribution in [-0.2, 0) is 21.6 Å². The second-order valence-corrected chi connectivity index (χ2v) is 9.45. The van der Waals surface area contributed by atoms with Crippen molar-refractivity contribution in [2.75, 3.05) is 25.0 Å². The van der Waals surface area contributed by atoms with E-state index in [0.717, 1.165) is 80.7 Å². The summed E-state index contributed by atoms with van der Waals surface area (Å²) in [5.41, 5.74) is 3.86. The monoisotopic (exact) mass is 435 g/mol. The van der Waals surface area contributed by atoms with Crippen LogP contribution in [0.4, 0.5) is 5.69 Å². The lowest BCUT2D eigenvalue weighted by Gasteiger charge is -2.39. The molecule has 1 saturated heterocycles. The van der Waals surface area contributed by atoms with Gasteiger partial charge in [-0.1, -0.05) is 49.6 Å². The number of aryl methyl sites for hydroxylation is 1. The van der Waals surface area contributed by atoms with Crippen molar-refractivity contribution in [2.45, 2.75) is 69.1 Å². The van der Waals surface area contributed by atoms with Gasteiger partial charge in [-0.2, -0.15) is 0 Å². The number of fused-ring (bicyclic) bond motifs is 1. The number of hydrogen-bond donors (Lipinski definition) is 2. The van der Waals surface area contributed by atoms with Crippen LogP contribution < -0.4 is 5.32 Å². The molecule has 3 heterocycles. The van der Waals surface area contributed by atoms with E-state index in [1.807, 2.05) is 30.3 Å². The normalized spacial score (nSPS) is 23.8. The van der Waals surface area contributed by atoms with Crippen molar-refractivity contribution in [3.05, 3.63) is 59.4 Å². The molecule has 1 aliphatic carbocycles. The van der Waals surface area contributed by atoms with Gasteiger partial charge in [-0.3, -0.25) is 14.7 Å². The summed E-state index contributed by atoms with van der Waals surface area (Å²) in [4.78, 5) is 19.3. The van der Waals surface area contributed by atoms with Crippen LogP contribution in [0.5, 0.6) is 0 Å². The molecule has 2 atom stereocenters. The maximum atomic E-state index is 12.1. The number of nitrogens with zero attached hydrogens (tertiary/aromatic N) is 2. The molecule has 3 aliphatic rings. The minimum Gasteiger partial charge on any atom is -0.480 e. The summed E-state index contributed by atoms with van der Waals surface area (Å²) in [5.74, 6) is -0.798. The summed E-state index contributed by atoms with van der Waals surface area (Å²) in [7, 11) is 0. The average Bonchev–Trinajstić information content (AvgIpc) is 3.27. The largest absolute Gasteiger partial charge is 0.480 e. The van der Waals surface area contributed by atoms with Gasteiger partial charge < -0.3 is 15.2 Å². The molecule has 170 valence electrons. The Bertz CT molecular complexity index is 943. The van der Waals surface area contributed by atoms with Crippen LogP contribution in [-0.4, -0.2) is 46.7 Å². The zero-order chi connectivity index (χ0) is 22.0. The van der Waals surface area contributed by atoms with E-state index in [-0.39, 0.29) is 11.7 Å². The van der Waals surface area contributed by atoms with E-state index in [0.29, 0.717) is 6.54 Å². The molecule has 1 aromatic heterocycles. The van der Waals surface area contributed by atoms with Crippen molar-refractivity contribution in [1.29, 1.82) is 0 Å². The molecule has 1 saturated carbocycles. The minimum absolute atomic E-state index is 0.0228. The molecule has 2 aliphatic heterocycles. The first kappa shape index (κ1) is 21.4. The van der Waals surface area contributed by atoms with E-state index < -0.39 is 12.0 Å². The summed E-state index contributed by atoms with van der Waals surface area (Å²) in [6.45, 7) is 2.38. The fourth-order valence-electron chi connectivity index (χ4n) is 5.69. The number of nitrogens with one attached hydrogen (secondary N) is 1. The van der Waals surface area contributed by atoms with E-state index in [1.54, 1.807) is 0 Å². The number of pyridine rings is 1. The van der Waals surface area contributed by atoms with Crippen molar-refractivity contribution >= 4 is 11.7 Å². The highest BCUT2D eigenvalue weighted by Gasteiger charge is 2.42. The van der Waals surface area contributed by atoms with Crippen LogP contribution in [0.15, 0.2) is 42.5 Å². The standard InChI is InChI=1S/C26H33N3O3/c30-25(31)24(19-8-3-1-4-9-19)29-17-13-20(18-29)32-26(14-5-2-6-15-26)23-12-11-21-22(28-23)10-7-16-27-21/h1,3-4,8-9,11-12,20,24,27H,2,5-7,10,13-18H2,(H,30,31)/t20-,24?/m1/s1. The summed E-state index contributed by atoms with van der Waals surface area (Å²) in [5, 5.41) is 13.4. The van der Waals surface area contributed by atoms with Gasteiger partial charge in [0.15, 0.2) is 0 Å². The number of carboxylic acids is 1. The van der Waals surface area contributed by atoms with Crippen LogP contribution in [0.2, 0.25) is 0 Å². The van der Waals surface area contributed by atoms with E-state index in [1.165, 1.54) is 6.42 Å². The SMILES string of the molecule is O=C(O)C(c1ccccc1)N1CC[C@@H](OC2(c3ccc4c(n3)CCCN4)CCCCC2)C1. The number of hydrogen-bond acceptors (Lipinski definition) is 5. The third kappa shape index (κ3) is 4.26. The molecule has 2 fully saturated rings. The molecule has 6 nitrogen and oxygen atoms in total. The topological polar surface area (TPSA) is 74.7 Å². The molecule has 1 unspecified atom stereocenters. The molecule has 0 spiro atoms. The molecule has 0 radical (unpaired) electrons. The maximum absolute atomic E-state index is 12.1. The van der Waals surface area contributed by atoms with Crippen LogP contribution in [0.3, 0.4) is 0 Å². The Kier molecular flexibility index (Phi) is 6.15. The van der Waals surface area contributed by atoms with Gasteiger partial charge in [0.05, 0.1) is 23.2 Å². The van der Waals surface area contributed by atoms with E-state index in [2.05, 4.69) is 22.3 Å². The molecule has 0 bridgehead atoms. The Morgan fingerprint density at radius 1 is 1.12 bits per heavy atom. The molecule has 6 heteroatoms. The Labute approximate surface area is 190 Å². The van der Waals surface area contributed by atoms with Crippen molar-refractivity contribution in [2.24, 2.45) is 0 Å². The quantitative estimate of drug-likeness (QED) is 0.695. The lowest BCUT2D eigenvalue weighted by atomic mass is 9.81. The number of aliphatic carboxylic acids is 1. The van der Waals surface area contributed by atoms with Gasteiger partial charge in [0.25, 0.3) is 0 Å². The highest BCUT2D eigenvalue weighted by molar-refractivity contribution is 5.75. The number of aromatic nitrogens is 1. The van der Waals surface area contributed by atoms with Crippen LogP contribution in [0.1, 0.15) is 67.9 Å². The molecule has 0 amide bonds. The zero-order valence-corrected chi connectivity index (χ0v) is 18.6. The van der Waals surface area contributed by atoms with Gasteiger partial charge in [0.1, 0.15) is 11.6 Å². The Morgan fingerprint density at radius 3 is 2.72 bits per heavy atom. The smallest absolute Gasteiger partial charge is 0.325 e. The average molecular weight is 436 g/mol. The van der Waals surface area contributed by atoms with Gasteiger partial charge in [-0.25, -0.2) is 0 Å². The molecular formula is C26H33N3O3. The third-order valence-electron chi connectivity index (χ3n) is 7.29. The summed E-state index contributed by atoms with van der Waals surface area (Å²) in [6.07, 6.45) is 8.52. The zero-order valence-electron chi connectivity index (χ0n) is 18.6. The summed E-state index contributed by atoms with van der Waals surface area (Å²) < 4.78 is 6.90. The number of ether oxygens (including phenoxy) is 1. The number of rotatable bonds is 6. The van der Waals surface area contributed by atoms with E-state index in [4.69, 9.17) is 9.72 Å². The number of anilines is 1. The van der Waals surface area contributed by atoms with Gasteiger partial charge in [-0.05, 0) is 49.8 Å². The van der Waals surface area contributed by atoms with Crippen molar-refractivity contribution in [3.63, 3.8) is 0 Å². The van der Waals surface area contributed by atoms with Crippen LogP contribution in [0.25, 0.3) is 0 Å². The van der Waals surface area contributed by atoms with Gasteiger partial charge in [-0.15, -0.1) is 0 Å². The Balaban J connectivity index is 1.36. The second kappa shape index (κ2) is 9.20. The first-order chi connectivity index (χ1) is 15.6. The molecule has 32 heavy (non-hydrogen) atoms. The van der Waals surface area contributed by atoms with Gasteiger partial charge in [0.2, 0.25) is 0 Å². The molecule has 5 rings (SSSR count). The van der Waals surface area contributed by atoms with Gasteiger partial charge >= 0.3 is 5.97 Å². The number of carboxylic acid groups (broad SMARTS) is 1. The maximum Gasteiger partial charge on any atom is 0.325 e. The first-order valence-corrected chi connectivity index (χ1v) is 12.1.